The molecule has 2 rings (SSSR count). The van der Waals surface area contributed by atoms with E-state index in [1.807, 2.05) is 24.3 Å². The maximum atomic E-state index is 11.3. The summed E-state index contributed by atoms with van der Waals surface area (Å²) < 4.78 is 10.9. The van der Waals surface area contributed by atoms with Crippen LogP contribution < -0.4 is 15.2 Å². The van der Waals surface area contributed by atoms with Crippen LogP contribution in [0.5, 0.6) is 11.5 Å². The Morgan fingerprint density at radius 2 is 1.68 bits per heavy atom. The second-order valence-corrected chi connectivity index (χ2v) is 3.96. The van der Waals surface area contributed by atoms with Gasteiger partial charge in [-0.1, -0.05) is 30.3 Å². The monoisotopic (exact) mass is 257 g/mol. The summed E-state index contributed by atoms with van der Waals surface area (Å²) in [6.45, 7) is 0.314. The van der Waals surface area contributed by atoms with E-state index in [0.717, 1.165) is 11.3 Å². The third kappa shape index (κ3) is 3.04. The van der Waals surface area contributed by atoms with Crippen LogP contribution in [0.1, 0.15) is 15.9 Å². The summed E-state index contributed by atoms with van der Waals surface area (Å²) in [5, 5.41) is 0. The molecule has 4 heteroatoms. The number of ether oxygens (including phenoxy) is 2. The fraction of sp³-hybridized carbons (Fsp3) is 0.133. The quantitative estimate of drug-likeness (QED) is 0.894. The van der Waals surface area contributed by atoms with Crippen LogP contribution >= 0.6 is 0 Å². The van der Waals surface area contributed by atoms with Gasteiger partial charge in [-0.15, -0.1) is 0 Å². The molecule has 0 aliphatic rings. The number of nitrogens with two attached hydrogens (primary N) is 1. The molecule has 0 aliphatic carbocycles. The minimum Gasteiger partial charge on any atom is -0.496 e. The SMILES string of the molecule is COc1ccccc1COc1ccccc1C(N)=O. The average molecular weight is 257 g/mol. The number of hydrogen-bond acceptors (Lipinski definition) is 3. The Morgan fingerprint density at radius 1 is 1.05 bits per heavy atom. The van der Waals surface area contributed by atoms with Crippen molar-refractivity contribution in [3.8, 4) is 11.5 Å². The molecule has 0 spiro atoms. The van der Waals surface area contributed by atoms with E-state index in [4.69, 9.17) is 15.2 Å². The summed E-state index contributed by atoms with van der Waals surface area (Å²) in [6.07, 6.45) is 0. The number of primary amides is 1. The van der Waals surface area contributed by atoms with Crippen LogP contribution in [0, 0.1) is 0 Å². The van der Waals surface area contributed by atoms with Gasteiger partial charge in [0.1, 0.15) is 18.1 Å². The molecule has 4 nitrogen and oxygen atoms in total. The van der Waals surface area contributed by atoms with E-state index in [1.54, 1.807) is 31.4 Å². The normalized spacial score (nSPS) is 9.95. The Balaban J connectivity index is 2.17. The van der Waals surface area contributed by atoms with Gasteiger partial charge in [0.2, 0.25) is 0 Å². The molecule has 0 atom stereocenters. The van der Waals surface area contributed by atoms with Crippen molar-refractivity contribution in [1.29, 1.82) is 0 Å². The molecular weight excluding hydrogens is 242 g/mol. The lowest BCUT2D eigenvalue weighted by atomic mass is 10.2. The second kappa shape index (κ2) is 5.91. The van der Waals surface area contributed by atoms with E-state index in [0.29, 0.717) is 17.9 Å². The van der Waals surface area contributed by atoms with Gasteiger partial charge in [0, 0.05) is 5.56 Å². The first-order valence-electron chi connectivity index (χ1n) is 5.86. The predicted octanol–water partition coefficient (Wildman–Crippen LogP) is 2.37. The molecule has 0 fully saturated rings. The van der Waals surface area contributed by atoms with Crippen LogP contribution in [0.4, 0.5) is 0 Å². The molecule has 0 saturated heterocycles. The van der Waals surface area contributed by atoms with Gasteiger partial charge in [0.25, 0.3) is 5.91 Å². The fourth-order valence-corrected chi connectivity index (χ4v) is 1.77. The molecule has 0 unspecified atom stereocenters. The van der Waals surface area contributed by atoms with Gasteiger partial charge >= 0.3 is 0 Å². The van der Waals surface area contributed by atoms with Crippen molar-refractivity contribution < 1.29 is 14.3 Å². The van der Waals surface area contributed by atoms with Crippen molar-refractivity contribution in [2.45, 2.75) is 6.61 Å². The predicted molar refractivity (Wildman–Crippen MR) is 72.3 cm³/mol. The number of para-hydroxylation sites is 2. The van der Waals surface area contributed by atoms with Crippen LogP contribution in [0.25, 0.3) is 0 Å². The van der Waals surface area contributed by atoms with Gasteiger partial charge in [-0.25, -0.2) is 0 Å². The minimum absolute atomic E-state index is 0.314. The van der Waals surface area contributed by atoms with E-state index in [9.17, 15) is 4.79 Å². The highest BCUT2D eigenvalue weighted by molar-refractivity contribution is 5.95. The van der Waals surface area contributed by atoms with E-state index in [-0.39, 0.29) is 0 Å². The van der Waals surface area contributed by atoms with Gasteiger partial charge in [0.05, 0.1) is 12.7 Å². The first-order chi connectivity index (χ1) is 9.22. The number of methoxy groups -OCH3 is 1. The molecule has 98 valence electrons. The zero-order chi connectivity index (χ0) is 13.7. The van der Waals surface area contributed by atoms with Crippen LogP contribution in [-0.2, 0) is 6.61 Å². The summed E-state index contributed by atoms with van der Waals surface area (Å²) >= 11 is 0. The van der Waals surface area contributed by atoms with E-state index >= 15 is 0 Å². The van der Waals surface area contributed by atoms with Gasteiger partial charge in [0.15, 0.2) is 0 Å². The molecule has 0 heterocycles. The largest absolute Gasteiger partial charge is 0.496 e. The molecule has 1 amide bonds. The molecule has 0 aromatic heterocycles. The number of carbonyl (C=O) groups excluding carboxylic acids is 1. The topological polar surface area (TPSA) is 61.6 Å². The number of rotatable bonds is 5. The maximum absolute atomic E-state index is 11.3. The molecule has 0 radical (unpaired) electrons. The first-order valence-corrected chi connectivity index (χ1v) is 5.86. The molecule has 0 bridgehead atoms. The lowest BCUT2D eigenvalue weighted by Crippen LogP contribution is -2.13. The van der Waals surface area contributed by atoms with Crippen molar-refractivity contribution in [2.24, 2.45) is 5.73 Å². The molecule has 19 heavy (non-hydrogen) atoms. The Hall–Kier alpha value is -2.49. The van der Waals surface area contributed by atoms with Crippen molar-refractivity contribution >= 4 is 5.91 Å². The summed E-state index contributed by atoms with van der Waals surface area (Å²) in [7, 11) is 1.61. The smallest absolute Gasteiger partial charge is 0.252 e. The third-order valence-corrected chi connectivity index (χ3v) is 2.73. The summed E-state index contributed by atoms with van der Waals surface area (Å²) in [4.78, 5) is 11.3. The zero-order valence-electron chi connectivity index (χ0n) is 10.6. The summed E-state index contributed by atoms with van der Waals surface area (Å²) in [6, 6.07) is 14.5. The van der Waals surface area contributed by atoms with Crippen LogP contribution in [-0.4, -0.2) is 13.0 Å². The van der Waals surface area contributed by atoms with Gasteiger partial charge < -0.3 is 15.2 Å². The van der Waals surface area contributed by atoms with Crippen molar-refractivity contribution in [3.05, 3.63) is 59.7 Å². The molecule has 2 aromatic carbocycles. The lowest BCUT2D eigenvalue weighted by Gasteiger charge is -2.11. The van der Waals surface area contributed by atoms with Gasteiger partial charge in [-0.05, 0) is 18.2 Å². The molecule has 2 aromatic rings. The van der Waals surface area contributed by atoms with Crippen molar-refractivity contribution in [2.75, 3.05) is 7.11 Å². The first kappa shape index (κ1) is 13.0. The Kier molecular flexibility index (Phi) is 4.03. The number of carbonyl (C=O) groups is 1. The number of hydrogen-bond donors (Lipinski definition) is 1. The minimum atomic E-state index is -0.504. The van der Waals surface area contributed by atoms with E-state index in [2.05, 4.69) is 0 Å². The summed E-state index contributed by atoms with van der Waals surface area (Å²) in [5.41, 5.74) is 6.58. The number of benzene rings is 2. The van der Waals surface area contributed by atoms with Crippen molar-refractivity contribution in [1.82, 2.24) is 0 Å². The fourth-order valence-electron chi connectivity index (χ4n) is 1.77. The third-order valence-electron chi connectivity index (χ3n) is 2.73. The van der Waals surface area contributed by atoms with Gasteiger partial charge in [-0.3, -0.25) is 4.79 Å². The lowest BCUT2D eigenvalue weighted by molar-refractivity contribution is 0.0996. The Labute approximate surface area is 111 Å². The van der Waals surface area contributed by atoms with Crippen molar-refractivity contribution in [3.63, 3.8) is 0 Å². The van der Waals surface area contributed by atoms with E-state index in [1.165, 1.54) is 0 Å². The maximum Gasteiger partial charge on any atom is 0.252 e. The summed E-state index contributed by atoms with van der Waals surface area (Å²) in [5.74, 6) is 0.718. The molecule has 0 saturated carbocycles. The molecular formula is C15H15NO3. The highest BCUT2D eigenvalue weighted by atomic mass is 16.5. The highest BCUT2D eigenvalue weighted by Crippen LogP contribution is 2.22. The Bertz CT molecular complexity index is 581. The Morgan fingerprint density at radius 3 is 2.37 bits per heavy atom. The van der Waals surface area contributed by atoms with Crippen LogP contribution in [0.3, 0.4) is 0 Å². The van der Waals surface area contributed by atoms with Crippen LogP contribution in [0.2, 0.25) is 0 Å². The molecule has 2 N–H and O–H groups in total. The zero-order valence-corrected chi connectivity index (χ0v) is 10.6. The van der Waals surface area contributed by atoms with E-state index < -0.39 is 5.91 Å². The standard InChI is InChI=1S/C15H15NO3/c1-18-13-8-4-2-6-11(13)10-19-14-9-5-3-7-12(14)15(16)17/h2-9H,10H2,1H3,(H2,16,17). The molecule has 0 aliphatic heterocycles. The number of amides is 1. The second-order valence-electron chi connectivity index (χ2n) is 3.96. The average Bonchev–Trinajstić information content (AvgIpc) is 2.45. The highest BCUT2D eigenvalue weighted by Gasteiger charge is 2.09. The van der Waals surface area contributed by atoms with Crippen LogP contribution in [0.15, 0.2) is 48.5 Å². The van der Waals surface area contributed by atoms with Gasteiger partial charge in [-0.2, -0.15) is 0 Å².